The highest BCUT2D eigenvalue weighted by molar-refractivity contribution is 5.94. The molecule has 0 radical (unpaired) electrons. The molecule has 1 amide bonds. The van der Waals surface area contributed by atoms with Crippen LogP contribution in [0.1, 0.15) is 49.0 Å². The minimum Gasteiger partial charge on any atom is -0.352 e. The van der Waals surface area contributed by atoms with E-state index < -0.39 is 0 Å². The molecule has 4 heteroatoms. The summed E-state index contributed by atoms with van der Waals surface area (Å²) < 4.78 is 0. The molecule has 1 heterocycles. The van der Waals surface area contributed by atoms with Crippen molar-refractivity contribution in [3.05, 3.63) is 29.6 Å². The third-order valence-electron chi connectivity index (χ3n) is 2.83. The molecule has 0 aliphatic carbocycles. The minimum absolute atomic E-state index is 0.0987. The van der Waals surface area contributed by atoms with E-state index in [0.29, 0.717) is 30.1 Å². The van der Waals surface area contributed by atoms with Crippen molar-refractivity contribution >= 4 is 5.91 Å². The van der Waals surface area contributed by atoms with Gasteiger partial charge in [-0.1, -0.05) is 38.5 Å². The van der Waals surface area contributed by atoms with Gasteiger partial charge >= 0.3 is 0 Å². The van der Waals surface area contributed by atoms with Crippen LogP contribution in [-0.4, -0.2) is 24.0 Å². The Hall–Kier alpha value is -1.86. The van der Waals surface area contributed by atoms with Crippen LogP contribution < -0.4 is 11.1 Å². The van der Waals surface area contributed by atoms with Crippen LogP contribution in [0.5, 0.6) is 0 Å². The maximum Gasteiger partial charge on any atom is 0.252 e. The van der Waals surface area contributed by atoms with Gasteiger partial charge in [-0.15, -0.1) is 0 Å². The normalized spacial score (nSPS) is 10.0. The van der Waals surface area contributed by atoms with E-state index in [1.165, 1.54) is 6.42 Å². The SMILES string of the molecule is CC(C)CCCCNC(=O)c1cncc(C#CCN)c1. The van der Waals surface area contributed by atoms with Gasteiger partial charge in [-0.3, -0.25) is 9.78 Å². The fraction of sp³-hybridized carbons (Fsp3) is 0.500. The average Bonchev–Trinajstić information content (AvgIpc) is 2.44. The zero-order chi connectivity index (χ0) is 14.8. The van der Waals surface area contributed by atoms with Crippen molar-refractivity contribution in [3.8, 4) is 11.8 Å². The molecule has 20 heavy (non-hydrogen) atoms. The highest BCUT2D eigenvalue weighted by Crippen LogP contribution is 2.06. The van der Waals surface area contributed by atoms with Gasteiger partial charge in [0.25, 0.3) is 5.91 Å². The van der Waals surface area contributed by atoms with Crippen LogP contribution in [0, 0.1) is 17.8 Å². The van der Waals surface area contributed by atoms with Gasteiger partial charge in [-0.25, -0.2) is 0 Å². The van der Waals surface area contributed by atoms with Crippen molar-refractivity contribution in [2.24, 2.45) is 11.7 Å². The van der Waals surface area contributed by atoms with Gasteiger partial charge in [-0.2, -0.15) is 0 Å². The first-order valence-corrected chi connectivity index (χ1v) is 7.05. The molecule has 0 unspecified atom stereocenters. The van der Waals surface area contributed by atoms with Gasteiger partial charge < -0.3 is 11.1 Å². The molecule has 1 aromatic rings. The first-order chi connectivity index (χ1) is 9.63. The highest BCUT2D eigenvalue weighted by atomic mass is 16.1. The first-order valence-electron chi connectivity index (χ1n) is 7.05. The molecular weight excluding hydrogens is 250 g/mol. The summed E-state index contributed by atoms with van der Waals surface area (Å²) in [5, 5.41) is 2.90. The summed E-state index contributed by atoms with van der Waals surface area (Å²) in [4.78, 5) is 16.0. The van der Waals surface area contributed by atoms with Gasteiger partial charge in [0.15, 0.2) is 0 Å². The lowest BCUT2D eigenvalue weighted by Gasteiger charge is -2.06. The zero-order valence-corrected chi connectivity index (χ0v) is 12.3. The smallest absolute Gasteiger partial charge is 0.252 e. The zero-order valence-electron chi connectivity index (χ0n) is 12.3. The molecule has 0 spiro atoms. The summed E-state index contributed by atoms with van der Waals surface area (Å²) in [5.41, 5.74) is 6.57. The first kappa shape index (κ1) is 16.2. The van der Waals surface area contributed by atoms with Crippen molar-refractivity contribution in [3.63, 3.8) is 0 Å². The summed E-state index contributed by atoms with van der Waals surface area (Å²) in [7, 11) is 0. The Morgan fingerprint density at radius 2 is 2.20 bits per heavy atom. The van der Waals surface area contributed by atoms with Crippen molar-refractivity contribution < 1.29 is 4.79 Å². The predicted octanol–water partition coefficient (Wildman–Crippen LogP) is 1.95. The van der Waals surface area contributed by atoms with E-state index in [4.69, 9.17) is 5.73 Å². The molecule has 0 fully saturated rings. The Kier molecular flexibility index (Phi) is 7.38. The number of rotatable bonds is 6. The topological polar surface area (TPSA) is 68.0 Å². The second-order valence-electron chi connectivity index (χ2n) is 5.11. The molecule has 0 saturated heterocycles. The van der Waals surface area contributed by atoms with Crippen LogP contribution in [0.15, 0.2) is 18.5 Å². The molecule has 0 aliphatic rings. The predicted molar refractivity (Wildman–Crippen MR) is 81.2 cm³/mol. The number of pyridine rings is 1. The molecule has 1 rings (SSSR count). The third kappa shape index (κ3) is 6.35. The lowest BCUT2D eigenvalue weighted by molar-refractivity contribution is 0.0952. The summed E-state index contributed by atoms with van der Waals surface area (Å²) in [6.45, 7) is 5.41. The van der Waals surface area contributed by atoms with Crippen molar-refractivity contribution in [2.45, 2.75) is 33.1 Å². The lowest BCUT2D eigenvalue weighted by atomic mass is 10.1. The Balaban J connectivity index is 2.43. The Morgan fingerprint density at radius 1 is 1.40 bits per heavy atom. The van der Waals surface area contributed by atoms with Crippen LogP contribution in [0.2, 0.25) is 0 Å². The van der Waals surface area contributed by atoms with Gasteiger partial charge in [0.1, 0.15) is 0 Å². The second-order valence-corrected chi connectivity index (χ2v) is 5.11. The molecule has 0 saturated carbocycles. The molecular formula is C16H23N3O. The third-order valence-corrected chi connectivity index (χ3v) is 2.83. The monoisotopic (exact) mass is 273 g/mol. The number of nitrogens with two attached hydrogens (primary N) is 1. The van der Waals surface area contributed by atoms with E-state index in [1.54, 1.807) is 18.5 Å². The van der Waals surface area contributed by atoms with Crippen LogP contribution in [0.3, 0.4) is 0 Å². The standard InChI is InChI=1S/C16H23N3O/c1-13(2)6-3-4-9-19-16(20)15-10-14(7-5-8-17)11-18-12-15/h10-13H,3-4,6,8-9,17H2,1-2H3,(H,19,20). The fourth-order valence-corrected chi connectivity index (χ4v) is 1.77. The number of nitrogens with zero attached hydrogens (tertiary/aromatic N) is 1. The van der Waals surface area contributed by atoms with Crippen molar-refractivity contribution in [2.75, 3.05) is 13.1 Å². The van der Waals surface area contributed by atoms with Gasteiger partial charge in [0.2, 0.25) is 0 Å². The van der Waals surface area contributed by atoms with E-state index in [0.717, 1.165) is 12.8 Å². The molecule has 4 nitrogen and oxygen atoms in total. The Morgan fingerprint density at radius 3 is 2.90 bits per heavy atom. The molecule has 1 aromatic heterocycles. The Bertz CT molecular complexity index is 486. The quantitative estimate of drug-likeness (QED) is 0.615. The van der Waals surface area contributed by atoms with Gasteiger partial charge in [0, 0.05) is 24.5 Å². The largest absolute Gasteiger partial charge is 0.352 e. The highest BCUT2D eigenvalue weighted by Gasteiger charge is 2.05. The van der Waals surface area contributed by atoms with Crippen LogP contribution in [0.25, 0.3) is 0 Å². The average molecular weight is 273 g/mol. The van der Waals surface area contributed by atoms with Crippen molar-refractivity contribution in [1.29, 1.82) is 0 Å². The second kappa shape index (κ2) is 9.11. The number of hydrogen-bond acceptors (Lipinski definition) is 3. The fourth-order valence-electron chi connectivity index (χ4n) is 1.77. The minimum atomic E-state index is -0.0987. The molecule has 0 aromatic carbocycles. The van der Waals surface area contributed by atoms with E-state index in [2.05, 4.69) is 36.0 Å². The lowest BCUT2D eigenvalue weighted by Crippen LogP contribution is -2.24. The number of hydrogen-bond donors (Lipinski definition) is 2. The van der Waals surface area contributed by atoms with E-state index in [1.807, 2.05) is 0 Å². The number of aromatic nitrogens is 1. The molecule has 0 atom stereocenters. The van der Waals surface area contributed by atoms with Crippen molar-refractivity contribution in [1.82, 2.24) is 10.3 Å². The van der Waals surface area contributed by atoms with E-state index in [9.17, 15) is 4.79 Å². The molecule has 0 bridgehead atoms. The number of amides is 1. The van der Waals surface area contributed by atoms with E-state index >= 15 is 0 Å². The summed E-state index contributed by atoms with van der Waals surface area (Å²) in [5.74, 6) is 6.23. The number of carbonyl (C=O) groups excluding carboxylic acids is 1. The van der Waals surface area contributed by atoms with Gasteiger partial charge in [0.05, 0.1) is 12.1 Å². The number of nitrogens with one attached hydrogen (secondary N) is 1. The van der Waals surface area contributed by atoms with Crippen LogP contribution >= 0.6 is 0 Å². The maximum atomic E-state index is 11.9. The molecule has 3 N–H and O–H groups in total. The molecule has 108 valence electrons. The summed E-state index contributed by atoms with van der Waals surface area (Å²) >= 11 is 0. The Labute approximate surface area is 121 Å². The molecule has 0 aliphatic heterocycles. The van der Waals surface area contributed by atoms with Crippen LogP contribution in [-0.2, 0) is 0 Å². The number of carbonyl (C=O) groups is 1. The van der Waals surface area contributed by atoms with Crippen LogP contribution in [0.4, 0.5) is 0 Å². The maximum absolute atomic E-state index is 11.9. The summed E-state index contributed by atoms with van der Waals surface area (Å²) in [6.07, 6.45) is 6.52. The van der Waals surface area contributed by atoms with Gasteiger partial charge in [-0.05, 0) is 18.4 Å². The van der Waals surface area contributed by atoms with E-state index in [-0.39, 0.29) is 5.91 Å². The summed E-state index contributed by atoms with van der Waals surface area (Å²) in [6, 6.07) is 1.74. The number of unbranched alkanes of at least 4 members (excludes halogenated alkanes) is 1.